The number of nitrogens with zero attached hydrogens (tertiary/aromatic N) is 1. The molecule has 0 bridgehead atoms. The summed E-state index contributed by atoms with van der Waals surface area (Å²) in [5.41, 5.74) is 5.41. The van der Waals surface area contributed by atoms with E-state index in [4.69, 9.17) is 5.73 Å². The standard InChI is InChI=1S/C11H24N2O/c1-5-7-8-13(6-2)10(9(3)4)11(12)14/h9-10H,5-8H2,1-4H3,(H2,12,14). The maximum Gasteiger partial charge on any atom is 0.235 e. The number of rotatable bonds is 7. The van der Waals surface area contributed by atoms with E-state index in [9.17, 15) is 4.79 Å². The summed E-state index contributed by atoms with van der Waals surface area (Å²) in [6.45, 7) is 10.2. The Bertz CT molecular complexity index is 169. The van der Waals surface area contributed by atoms with Crippen LogP contribution in [0, 0.1) is 5.92 Å². The Hall–Kier alpha value is -0.570. The normalized spacial score (nSPS) is 13.6. The van der Waals surface area contributed by atoms with Gasteiger partial charge in [-0.2, -0.15) is 0 Å². The highest BCUT2D eigenvalue weighted by atomic mass is 16.1. The van der Waals surface area contributed by atoms with Gasteiger partial charge < -0.3 is 5.73 Å². The third-order valence-corrected chi connectivity index (χ3v) is 2.52. The maximum atomic E-state index is 11.3. The first kappa shape index (κ1) is 13.4. The van der Waals surface area contributed by atoms with E-state index in [2.05, 4.69) is 18.7 Å². The number of unbranched alkanes of at least 4 members (excludes halogenated alkanes) is 1. The molecule has 0 spiro atoms. The van der Waals surface area contributed by atoms with E-state index in [0.29, 0.717) is 5.92 Å². The van der Waals surface area contributed by atoms with Crippen LogP contribution in [0.4, 0.5) is 0 Å². The van der Waals surface area contributed by atoms with Crippen LogP contribution < -0.4 is 5.73 Å². The van der Waals surface area contributed by atoms with Gasteiger partial charge in [-0.15, -0.1) is 0 Å². The summed E-state index contributed by atoms with van der Waals surface area (Å²) in [5, 5.41) is 0. The summed E-state index contributed by atoms with van der Waals surface area (Å²) in [7, 11) is 0. The molecule has 2 N–H and O–H groups in total. The number of likely N-dealkylation sites (N-methyl/N-ethyl adjacent to an activating group) is 1. The molecule has 0 aliphatic rings. The SMILES string of the molecule is CCCCN(CC)C(C(N)=O)C(C)C. The molecule has 84 valence electrons. The summed E-state index contributed by atoms with van der Waals surface area (Å²) in [5.74, 6) is 0.0993. The molecule has 0 fully saturated rings. The zero-order valence-corrected chi connectivity index (χ0v) is 9.92. The fourth-order valence-electron chi connectivity index (χ4n) is 1.79. The molecule has 0 aliphatic heterocycles. The number of carbonyl (C=O) groups is 1. The number of carbonyl (C=O) groups excluding carboxylic acids is 1. The van der Waals surface area contributed by atoms with E-state index in [-0.39, 0.29) is 11.9 Å². The largest absolute Gasteiger partial charge is 0.368 e. The molecule has 1 unspecified atom stereocenters. The van der Waals surface area contributed by atoms with Crippen LogP contribution in [0.3, 0.4) is 0 Å². The van der Waals surface area contributed by atoms with E-state index in [1.165, 1.54) is 0 Å². The van der Waals surface area contributed by atoms with Crippen molar-refractivity contribution in [1.29, 1.82) is 0 Å². The average molecular weight is 200 g/mol. The molecule has 0 aliphatic carbocycles. The first-order valence-corrected chi connectivity index (χ1v) is 5.57. The summed E-state index contributed by atoms with van der Waals surface area (Å²) >= 11 is 0. The van der Waals surface area contributed by atoms with E-state index < -0.39 is 0 Å². The van der Waals surface area contributed by atoms with Gasteiger partial charge in [0.25, 0.3) is 0 Å². The highest BCUT2D eigenvalue weighted by Gasteiger charge is 2.25. The second-order valence-corrected chi connectivity index (χ2v) is 4.07. The molecule has 0 rings (SSSR count). The maximum absolute atomic E-state index is 11.3. The molecule has 0 aromatic heterocycles. The third-order valence-electron chi connectivity index (χ3n) is 2.52. The second kappa shape index (κ2) is 6.82. The Morgan fingerprint density at radius 3 is 2.21 bits per heavy atom. The average Bonchev–Trinajstić information content (AvgIpc) is 2.10. The number of hydrogen-bond donors (Lipinski definition) is 1. The molecule has 0 aromatic rings. The summed E-state index contributed by atoms with van der Waals surface area (Å²) in [6, 6.07) is -0.105. The second-order valence-electron chi connectivity index (χ2n) is 4.07. The quantitative estimate of drug-likeness (QED) is 0.679. The van der Waals surface area contributed by atoms with E-state index in [1.807, 2.05) is 13.8 Å². The van der Waals surface area contributed by atoms with Gasteiger partial charge in [0.05, 0.1) is 6.04 Å². The first-order valence-electron chi connectivity index (χ1n) is 5.57. The molecule has 0 saturated heterocycles. The molecule has 3 nitrogen and oxygen atoms in total. The third kappa shape index (κ3) is 4.09. The van der Waals surface area contributed by atoms with Crippen molar-refractivity contribution in [1.82, 2.24) is 4.90 Å². The fraction of sp³-hybridized carbons (Fsp3) is 0.909. The molecule has 14 heavy (non-hydrogen) atoms. The van der Waals surface area contributed by atoms with Crippen molar-refractivity contribution in [3.8, 4) is 0 Å². The Morgan fingerprint density at radius 1 is 1.36 bits per heavy atom. The lowest BCUT2D eigenvalue weighted by Gasteiger charge is -2.30. The lowest BCUT2D eigenvalue weighted by atomic mass is 10.0. The smallest absolute Gasteiger partial charge is 0.235 e. The van der Waals surface area contributed by atoms with Crippen LogP contribution in [0.15, 0.2) is 0 Å². The number of amides is 1. The summed E-state index contributed by atoms with van der Waals surface area (Å²) in [4.78, 5) is 13.5. The Morgan fingerprint density at radius 2 is 1.93 bits per heavy atom. The zero-order valence-electron chi connectivity index (χ0n) is 9.92. The highest BCUT2D eigenvalue weighted by molar-refractivity contribution is 5.80. The van der Waals surface area contributed by atoms with Crippen molar-refractivity contribution < 1.29 is 4.79 Å². The molecular weight excluding hydrogens is 176 g/mol. The van der Waals surface area contributed by atoms with Gasteiger partial charge >= 0.3 is 0 Å². The topological polar surface area (TPSA) is 46.3 Å². The molecule has 0 radical (unpaired) electrons. The van der Waals surface area contributed by atoms with Crippen LogP contribution in [-0.2, 0) is 4.79 Å². The van der Waals surface area contributed by atoms with Gasteiger partial charge in [0.1, 0.15) is 0 Å². The zero-order chi connectivity index (χ0) is 11.1. The minimum Gasteiger partial charge on any atom is -0.368 e. The van der Waals surface area contributed by atoms with Crippen LogP contribution in [0.1, 0.15) is 40.5 Å². The predicted octanol–water partition coefficient (Wildman–Crippen LogP) is 1.62. The summed E-state index contributed by atoms with van der Waals surface area (Å²) < 4.78 is 0. The number of nitrogens with two attached hydrogens (primary N) is 1. The Balaban J connectivity index is 4.34. The van der Waals surface area contributed by atoms with Crippen molar-refractivity contribution in [2.24, 2.45) is 11.7 Å². The van der Waals surface area contributed by atoms with Gasteiger partial charge in [-0.05, 0) is 25.4 Å². The molecule has 3 heteroatoms. The number of primary amides is 1. The predicted molar refractivity (Wildman–Crippen MR) is 60.0 cm³/mol. The highest BCUT2D eigenvalue weighted by Crippen LogP contribution is 2.11. The van der Waals surface area contributed by atoms with Gasteiger partial charge in [-0.3, -0.25) is 9.69 Å². The Kier molecular flexibility index (Phi) is 6.54. The van der Waals surface area contributed by atoms with Crippen molar-refractivity contribution >= 4 is 5.91 Å². The first-order chi connectivity index (χ1) is 6.54. The molecule has 0 aromatic carbocycles. The number of hydrogen-bond acceptors (Lipinski definition) is 2. The van der Waals surface area contributed by atoms with Crippen molar-refractivity contribution in [2.45, 2.75) is 46.6 Å². The van der Waals surface area contributed by atoms with Gasteiger partial charge in [-0.1, -0.05) is 34.1 Å². The monoisotopic (exact) mass is 200 g/mol. The molecule has 0 saturated carbocycles. The van der Waals surface area contributed by atoms with Crippen LogP contribution in [0.25, 0.3) is 0 Å². The van der Waals surface area contributed by atoms with Crippen LogP contribution in [0.5, 0.6) is 0 Å². The van der Waals surface area contributed by atoms with E-state index in [1.54, 1.807) is 0 Å². The molecule has 1 atom stereocenters. The van der Waals surface area contributed by atoms with Crippen LogP contribution in [0.2, 0.25) is 0 Å². The van der Waals surface area contributed by atoms with Crippen LogP contribution >= 0.6 is 0 Å². The minimum atomic E-state index is -0.196. The van der Waals surface area contributed by atoms with Gasteiger partial charge in [0.2, 0.25) is 5.91 Å². The van der Waals surface area contributed by atoms with E-state index >= 15 is 0 Å². The molecular formula is C11H24N2O. The fourth-order valence-corrected chi connectivity index (χ4v) is 1.79. The van der Waals surface area contributed by atoms with Gasteiger partial charge in [0.15, 0.2) is 0 Å². The lowest BCUT2D eigenvalue weighted by molar-refractivity contribution is -0.124. The Labute approximate surface area is 87.6 Å². The van der Waals surface area contributed by atoms with Crippen molar-refractivity contribution in [3.05, 3.63) is 0 Å². The van der Waals surface area contributed by atoms with Gasteiger partial charge in [-0.25, -0.2) is 0 Å². The molecule has 0 heterocycles. The van der Waals surface area contributed by atoms with E-state index in [0.717, 1.165) is 25.9 Å². The minimum absolute atomic E-state index is 0.105. The molecule has 1 amide bonds. The lowest BCUT2D eigenvalue weighted by Crippen LogP contribution is -2.48. The van der Waals surface area contributed by atoms with Gasteiger partial charge in [0, 0.05) is 0 Å². The van der Waals surface area contributed by atoms with Crippen molar-refractivity contribution in [2.75, 3.05) is 13.1 Å². The van der Waals surface area contributed by atoms with Crippen LogP contribution in [-0.4, -0.2) is 29.9 Å². The van der Waals surface area contributed by atoms with Crippen molar-refractivity contribution in [3.63, 3.8) is 0 Å². The summed E-state index contributed by atoms with van der Waals surface area (Å²) in [6.07, 6.45) is 2.28.